The normalized spacial score (nSPS) is 10.8. The molecule has 0 saturated heterocycles. The fraction of sp³-hybridized carbons (Fsp3) is 0.400. The van der Waals surface area contributed by atoms with E-state index < -0.39 is 0 Å². The molecule has 0 saturated carbocycles. The van der Waals surface area contributed by atoms with Gasteiger partial charge >= 0.3 is 0 Å². The Balaban J connectivity index is 2.35. The zero-order valence-electron chi connectivity index (χ0n) is 11.2. The summed E-state index contributed by atoms with van der Waals surface area (Å²) in [5, 5.41) is 1.10. The Hall–Kier alpha value is -1.77. The highest BCUT2D eigenvalue weighted by Gasteiger charge is 2.06. The molecular weight excluding hydrogens is 222 g/mol. The van der Waals surface area contributed by atoms with Gasteiger partial charge in [-0.3, -0.25) is 0 Å². The van der Waals surface area contributed by atoms with Crippen molar-refractivity contribution >= 4 is 22.4 Å². The number of benzene rings is 1. The molecule has 2 aromatic rings. The van der Waals surface area contributed by atoms with Gasteiger partial charge in [0.15, 0.2) is 0 Å². The van der Waals surface area contributed by atoms with E-state index in [0.717, 1.165) is 48.3 Å². The van der Waals surface area contributed by atoms with Gasteiger partial charge in [0.25, 0.3) is 0 Å². The third-order valence-electron chi connectivity index (χ3n) is 3.01. The molecule has 1 aromatic carbocycles. The smallest absolute Gasteiger partial charge is 0.129 e. The van der Waals surface area contributed by atoms with E-state index in [1.165, 1.54) is 0 Å². The summed E-state index contributed by atoms with van der Waals surface area (Å²) in [5.74, 6) is 1.07. The largest absolute Gasteiger partial charge is 0.399 e. The maximum absolute atomic E-state index is 5.78. The van der Waals surface area contributed by atoms with E-state index in [2.05, 4.69) is 30.9 Å². The maximum atomic E-state index is 5.78. The van der Waals surface area contributed by atoms with Crippen LogP contribution in [0.4, 0.5) is 11.5 Å². The summed E-state index contributed by atoms with van der Waals surface area (Å²) < 4.78 is 0. The zero-order chi connectivity index (χ0) is 13.0. The molecule has 3 nitrogen and oxygen atoms in total. The standard InChI is InChI=1S/C15H21N3/c1-3-9-18(10-4-2)15-8-5-12-11-13(16)6-7-14(12)17-15/h5-8,11H,3-4,9-10,16H2,1-2H3. The van der Waals surface area contributed by atoms with Crippen LogP contribution in [0.15, 0.2) is 30.3 Å². The quantitative estimate of drug-likeness (QED) is 0.818. The van der Waals surface area contributed by atoms with Crippen LogP contribution in [0.1, 0.15) is 26.7 Å². The monoisotopic (exact) mass is 243 g/mol. The van der Waals surface area contributed by atoms with E-state index in [9.17, 15) is 0 Å². The second-order valence-corrected chi connectivity index (χ2v) is 4.61. The Labute approximate surface area is 109 Å². The lowest BCUT2D eigenvalue weighted by Crippen LogP contribution is -2.25. The molecule has 0 aliphatic heterocycles. The molecule has 3 heteroatoms. The third-order valence-corrected chi connectivity index (χ3v) is 3.01. The van der Waals surface area contributed by atoms with E-state index in [0.29, 0.717) is 0 Å². The van der Waals surface area contributed by atoms with Crippen LogP contribution in [0.3, 0.4) is 0 Å². The summed E-state index contributed by atoms with van der Waals surface area (Å²) in [6.07, 6.45) is 2.28. The molecule has 1 aromatic heterocycles. The number of nitrogens with zero attached hydrogens (tertiary/aromatic N) is 2. The Morgan fingerprint density at radius 1 is 1.06 bits per heavy atom. The summed E-state index contributed by atoms with van der Waals surface area (Å²) in [5.41, 5.74) is 7.58. The summed E-state index contributed by atoms with van der Waals surface area (Å²) in [4.78, 5) is 7.07. The Bertz CT molecular complexity index is 516. The van der Waals surface area contributed by atoms with Gasteiger partial charge in [-0.15, -0.1) is 0 Å². The van der Waals surface area contributed by atoms with Crippen LogP contribution in [0.5, 0.6) is 0 Å². The number of pyridine rings is 1. The molecule has 0 radical (unpaired) electrons. The van der Waals surface area contributed by atoms with Crippen molar-refractivity contribution in [3.8, 4) is 0 Å². The first kappa shape index (κ1) is 12.7. The number of anilines is 2. The van der Waals surface area contributed by atoms with Crippen molar-refractivity contribution in [2.45, 2.75) is 26.7 Å². The lowest BCUT2D eigenvalue weighted by Gasteiger charge is -2.22. The van der Waals surface area contributed by atoms with Crippen LogP contribution in [-0.4, -0.2) is 18.1 Å². The van der Waals surface area contributed by atoms with Gasteiger partial charge in [0, 0.05) is 24.2 Å². The van der Waals surface area contributed by atoms with E-state index >= 15 is 0 Å². The summed E-state index contributed by atoms with van der Waals surface area (Å²) in [6.45, 7) is 6.51. The van der Waals surface area contributed by atoms with Gasteiger partial charge in [-0.1, -0.05) is 13.8 Å². The molecule has 2 N–H and O–H groups in total. The third kappa shape index (κ3) is 2.73. The predicted octanol–water partition coefficient (Wildman–Crippen LogP) is 3.44. The number of hydrogen-bond donors (Lipinski definition) is 1. The molecule has 96 valence electrons. The fourth-order valence-electron chi connectivity index (χ4n) is 2.19. The Kier molecular flexibility index (Phi) is 4.03. The molecule has 0 aliphatic rings. The van der Waals surface area contributed by atoms with Crippen LogP contribution in [0.25, 0.3) is 10.9 Å². The average molecular weight is 243 g/mol. The molecule has 0 unspecified atom stereocenters. The molecule has 0 spiro atoms. The molecule has 0 aliphatic carbocycles. The molecular formula is C15H21N3. The predicted molar refractivity (Wildman–Crippen MR) is 79.0 cm³/mol. The van der Waals surface area contributed by atoms with Crippen molar-refractivity contribution in [2.24, 2.45) is 0 Å². The van der Waals surface area contributed by atoms with Crippen molar-refractivity contribution in [2.75, 3.05) is 23.7 Å². The van der Waals surface area contributed by atoms with Crippen molar-refractivity contribution < 1.29 is 0 Å². The minimum Gasteiger partial charge on any atom is -0.399 e. The number of aromatic nitrogens is 1. The van der Waals surface area contributed by atoms with E-state index in [1.54, 1.807) is 0 Å². The van der Waals surface area contributed by atoms with Crippen LogP contribution in [-0.2, 0) is 0 Å². The van der Waals surface area contributed by atoms with Crippen molar-refractivity contribution in [3.63, 3.8) is 0 Å². The first-order chi connectivity index (χ1) is 8.74. The second-order valence-electron chi connectivity index (χ2n) is 4.61. The fourth-order valence-corrected chi connectivity index (χ4v) is 2.19. The zero-order valence-corrected chi connectivity index (χ0v) is 11.2. The number of rotatable bonds is 5. The Morgan fingerprint density at radius 2 is 1.78 bits per heavy atom. The first-order valence-corrected chi connectivity index (χ1v) is 6.65. The van der Waals surface area contributed by atoms with Gasteiger partial charge < -0.3 is 10.6 Å². The lowest BCUT2D eigenvalue weighted by molar-refractivity contribution is 0.736. The lowest BCUT2D eigenvalue weighted by atomic mass is 10.2. The van der Waals surface area contributed by atoms with Gasteiger partial charge in [0.05, 0.1) is 5.52 Å². The minimum atomic E-state index is 0.788. The number of hydrogen-bond acceptors (Lipinski definition) is 3. The molecule has 0 fully saturated rings. The molecule has 0 atom stereocenters. The van der Waals surface area contributed by atoms with Gasteiger partial charge in [0.2, 0.25) is 0 Å². The van der Waals surface area contributed by atoms with Crippen molar-refractivity contribution in [1.82, 2.24) is 4.98 Å². The molecule has 0 bridgehead atoms. The SMILES string of the molecule is CCCN(CCC)c1ccc2cc(N)ccc2n1. The van der Waals surface area contributed by atoms with Gasteiger partial charge in [0.1, 0.15) is 5.82 Å². The average Bonchev–Trinajstić information content (AvgIpc) is 2.38. The van der Waals surface area contributed by atoms with Crippen LogP contribution < -0.4 is 10.6 Å². The molecule has 1 heterocycles. The maximum Gasteiger partial charge on any atom is 0.129 e. The van der Waals surface area contributed by atoms with Crippen LogP contribution in [0, 0.1) is 0 Å². The molecule has 18 heavy (non-hydrogen) atoms. The summed E-state index contributed by atoms with van der Waals surface area (Å²) in [6, 6.07) is 10.1. The van der Waals surface area contributed by atoms with Crippen LogP contribution >= 0.6 is 0 Å². The van der Waals surface area contributed by atoms with E-state index in [1.807, 2.05) is 18.2 Å². The van der Waals surface area contributed by atoms with Gasteiger partial charge in [-0.05, 0) is 43.2 Å². The van der Waals surface area contributed by atoms with E-state index in [4.69, 9.17) is 10.7 Å². The van der Waals surface area contributed by atoms with Gasteiger partial charge in [-0.25, -0.2) is 4.98 Å². The van der Waals surface area contributed by atoms with Crippen molar-refractivity contribution in [1.29, 1.82) is 0 Å². The van der Waals surface area contributed by atoms with Gasteiger partial charge in [-0.2, -0.15) is 0 Å². The molecule has 0 amide bonds. The highest BCUT2D eigenvalue weighted by Crippen LogP contribution is 2.20. The number of nitrogen functional groups attached to an aromatic ring is 1. The van der Waals surface area contributed by atoms with Crippen LogP contribution in [0.2, 0.25) is 0 Å². The summed E-state index contributed by atoms with van der Waals surface area (Å²) in [7, 11) is 0. The molecule has 2 rings (SSSR count). The highest BCUT2D eigenvalue weighted by molar-refractivity contribution is 5.83. The summed E-state index contributed by atoms with van der Waals surface area (Å²) >= 11 is 0. The second kappa shape index (κ2) is 5.71. The highest BCUT2D eigenvalue weighted by atomic mass is 15.2. The Morgan fingerprint density at radius 3 is 2.44 bits per heavy atom. The number of nitrogens with two attached hydrogens (primary N) is 1. The number of fused-ring (bicyclic) bond motifs is 1. The topological polar surface area (TPSA) is 42.1 Å². The first-order valence-electron chi connectivity index (χ1n) is 6.65. The van der Waals surface area contributed by atoms with E-state index in [-0.39, 0.29) is 0 Å². The minimum absolute atomic E-state index is 0.788. The van der Waals surface area contributed by atoms with Crippen molar-refractivity contribution in [3.05, 3.63) is 30.3 Å².